The van der Waals surface area contributed by atoms with Gasteiger partial charge in [-0.1, -0.05) is 6.92 Å². The van der Waals surface area contributed by atoms with Gasteiger partial charge in [0, 0.05) is 18.5 Å². The number of aldehydes is 1. The van der Waals surface area contributed by atoms with Crippen LogP contribution in [0.1, 0.15) is 19.8 Å². The van der Waals surface area contributed by atoms with Crippen molar-refractivity contribution < 1.29 is 14.4 Å². The summed E-state index contributed by atoms with van der Waals surface area (Å²) in [6.45, 7) is 2.22. The van der Waals surface area contributed by atoms with E-state index in [-0.39, 0.29) is 30.4 Å². The van der Waals surface area contributed by atoms with Crippen LogP contribution in [-0.2, 0) is 9.59 Å². The zero-order valence-electron chi connectivity index (χ0n) is 8.68. The molecule has 0 aromatic carbocycles. The molecule has 0 spiro atoms. The molecule has 0 aromatic rings. The molecule has 0 aromatic heterocycles. The molecule has 1 heterocycles. The molecular weight excluding hydrogens is 196 g/mol. The number of amides is 3. The molecule has 1 saturated carbocycles. The Labute approximate surface area is 88.0 Å². The maximum Gasteiger partial charge on any atom is 0.327 e. The highest BCUT2D eigenvalue weighted by atomic mass is 16.2. The van der Waals surface area contributed by atoms with Gasteiger partial charge in [-0.05, 0) is 12.8 Å². The second kappa shape index (κ2) is 3.64. The lowest BCUT2D eigenvalue weighted by molar-refractivity contribution is -0.125. The van der Waals surface area contributed by atoms with E-state index in [1.807, 2.05) is 0 Å². The fraction of sp³-hybridized carbons (Fsp3) is 0.700. The molecule has 3 amide bonds. The summed E-state index contributed by atoms with van der Waals surface area (Å²) in [6.07, 6.45) is 2.65. The number of imide groups is 1. The van der Waals surface area contributed by atoms with Crippen LogP contribution < -0.4 is 0 Å². The van der Waals surface area contributed by atoms with Gasteiger partial charge in [0.2, 0.25) is 0 Å². The Bertz CT molecular complexity index is 312. The molecule has 5 nitrogen and oxygen atoms in total. The molecule has 1 aliphatic heterocycles. The van der Waals surface area contributed by atoms with Crippen LogP contribution in [0.4, 0.5) is 4.79 Å². The van der Waals surface area contributed by atoms with Gasteiger partial charge in [0.15, 0.2) is 0 Å². The zero-order chi connectivity index (χ0) is 11.0. The third kappa shape index (κ3) is 1.86. The summed E-state index contributed by atoms with van der Waals surface area (Å²) < 4.78 is 0. The molecule has 2 rings (SSSR count). The van der Waals surface area contributed by atoms with Crippen LogP contribution in [0.15, 0.2) is 0 Å². The predicted octanol–water partition coefficient (Wildman–Crippen LogP) is 0.248. The van der Waals surface area contributed by atoms with Crippen LogP contribution in [-0.4, -0.2) is 47.2 Å². The van der Waals surface area contributed by atoms with Crippen molar-refractivity contribution in [3.63, 3.8) is 0 Å². The minimum absolute atomic E-state index is 0.124. The van der Waals surface area contributed by atoms with E-state index in [0.717, 1.165) is 19.1 Å². The summed E-state index contributed by atoms with van der Waals surface area (Å²) >= 11 is 0. The second-order valence-corrected chi connectivity index (χ2v) is 4.27. The average molecular weight is 210 g/mol. The third-order valence-electron chi connectivity index (χ3n) is 2.72. The molecule has 1 unspecified atom stereocenters. The van der Waals surface area contributed by atoms with Crippen molar-refractivity contribution in [3.8, 4) is 0 Å². The normalized spacial score (nSPS) is 23.5. The van der Waals surface area contributed by atoms with Gasteiger partial charge in [-0.15, -0.1) is 0 Å². The van der Waals surface area contributed by atoms with E-state index in [9.17, 15) is 14.4 Å². The average Bonchev–Trinajstić information content (AvgIpc) is 2.97. The summed E-state index contributed by atoms with van der Waals surface area (Å²) in [5.41, 5.74) is 0. The number of hydrogen-bond donors (Lipinski definition) is 0. The number of urea groups is 1. The van der Waals surface area contributed by atoms with Crippen LogP contribution in [0.5, 0.6) is 0 Å². The summed E-state index contributed by atoms with van der Waals surface area (Å²) in [4.78, 5) is 36.6. The summed E-state index contributed by atoms with van der Waals surface area (Å²) in [7, 11) is 0. The summed E-state index contributed by atoms with van der Waals surface area (Å²) in [5, 5.41) is 0. The number of carbonyl (C=O) groups excluding carboxylic acids is 3. The van der Waals surface area contributed by atoms with Crippen LogP contribution in [0.2, 0.25) is 0 Å². The minimum Gasteiger partial charge on any atom is -0.314 e. The highest BCUT2D eigenvalue weighted by Crippen LogP contribution is 2.30. The van der Waals surface area contributed by atoms with E-state index in [4.69, 9.17) is 0 Å². The highest BCUT2D eigenvalue weighted by molar-refractivity contribution is 6.02. The first kappa shape index (κ1) is 10.1. The Morgan fingerprint density at radius 3 is 2.67 bits per heavy atom. The van der Waals surface area contributed by atoms with Crippen LogP contribution in [0.3, 0.4) is 0 Å². The molecule has 0 bridgehead atoms. The quantitative estimate of drug-likeness (QED) is 0.493. The van der Waals surface area contributed by atoms with Crippen LogP contribution in [0, 0.1) is 5.92 Å². The Balaban J connectivity index is 2.01. The van der Waals surface area contributed by atoms with Crippen molar-refractivity contribution >= 4 is 18.2 Å². The molecule has 1 atom stereocenters. The molecule has 2 fully saturated rings. The molecule has 0 radical (unpaired) electrons. The maximum absolute atomic E-state index is 11.8. The summed E-state index contributed by atoms with van der Waals surface area (Å²) in [6, 6.07) is -0.0993. The van der Waals surface area contributed by atoms with Crippen molar-refractivity contribution in [2.45, 2.75) is 25.8 Å². The molecule has 2 aliphatic rings. The van der Waals surface area contributed by atoms with Crippen molar-refractivity contribution in [1.82, 2.24) is 9.80 Å². The predicted molar refractivity (Wildman–Crippen MR) is 52.1 cm³/mol. The number of hydrogen-bond acceptors (Lipinski definition) is 3. The van der Waals surface area contributed by atoms with Gasteiger partial charge in [0.05, 0.1) is 0 Å². The largest absolute Gasteiger partial charge is 0.327 e. The Hall–Kier alpha value is -1.39. The van der Waals surface area contributed by atoms with Crippen LogP contribution >= 0.6 is 0 Å². The number of carbonyl (C=O) groups is 3. The fourth-order valence-electron chi connectivity index (χ4n) is 1.79. The van der Waals surface area contributed by atoms with Gasteiger partial charge in [0.1, 0.15) is 12.8 Å². The van der Waals surface area contributed by atoms with E-state index >= 15 is 0 Å². The lowest BCUT2D eigenvalue weighted by Gasteiger charge is -2.17. The maximum atomic E-state index is 11.8. The van der Waals surface area contributed by atoms with Gasteiger partial charge < -0.3 is 9.69 Å². The third-order valence-corrected chi connectivity index (χ3v) is 2.72. The Morgan fingerprint density at radius 1 is 1.47 bits per heavy atom. The first-order valence-corrected chi connectivity index (χ1v) is 5.19. The van der Waals surface area contributed by atoms with Crippen molar-refractivity contribution in [2.75, 3.05) is 13.1 Å². The van der Waals surface area contributed by atoms with Crippen molar-refractivity contribution in [2.24, 2.45) is 5.92 Å². The Kier molecular flexibility index (Phi) is 2.46. The molecule has 0 N–H and O–H groups in total. The van der Waals surface area contributed by atoms with E-state index in [0.29, 0.717) is 6.54 Å². The topological polar surface area (TPSA) is 57.7 Å². The van der Waals surface area contributed by atoms with E-state index in [1.165, 1.54) is 9.80 Å². The monoisotopic (exact) mass is 210 g/mol. The summed E-state index contributed by atoms with van der Waals surface area (Å²) in [5.74, 6) is -0.332. The molecule has 1 aliphatic carbocycles. The zero-order valence-corrected chi connectivity index (χ0v) is 8.68. The first-order chi connectivity index (χ1) is 7.13. The SMILES string of the molecule is CC(C=O)CN1CC(=O)N(C2CC2)C1=O. The number of rotatable bonds is 4. The van der Waals surface area contributed by atoms with E-state index in [1.54, 1.807) is 6.92 Å². The lowest BCUT2D eigenvalue weighted by Crippen LogP contribution is -2.36. The van der Waals surface area contributed by atoms with Crippen LogP contribution in [0.25, 0.3) is 0 Å². The highest BCUT2D eigenvalue weighted by Gasteiger charge is 2.44. The van der Waals surface area contributed by atoms with Crippen molar-refractivity contribution in [1.29, 1.82) is 0 Å². The molecule has 1 saturated heterocycles. The van der Waals surface area contributed by atoms with Crippen molar-refractivity contribution in [3.05, 3.63) is 0 Å². The smallest absolute Gasteiger partial charge is 0.314 e. The standard InChI is InChI=1S/C10H14N2O3/c1-7(6-13)4-11-5-9(14)12(10(11)15)8-2-3-8/h6-8H,2-5H2,1H3. The first-order valence-electron chi connectivity index (χ1n) is 5.19. The number of nitrogens with zero attached hydrogens (tertiary/aromatic N) is 2. The van der Waals surface area contributed by atoms with Gasteiger partial charge in [0.25, 0.3) is 5.91 Å². The van der Waals surface area contributed by atoms with Gasteiger partial charge in [-0.25, -0.2) is 4.79 Å². The minimum atomic E-state index is -0.226. The lowest BCUT2D eigenvalue weighted by atomic mass is 10.2. The fourth-order valence-corrected chi connectivity index (χ4v) is 1.79. The molecular formula is C10H14N2O3. The molecule has 82 valence electrons. The second-order valence-electron chi connectivity index (χ2n) is 4.27. The van der Waals surface area contributed by atoms with Gasteiger partial charge in [-0.2, -0.15) is 0 Å². The van der Waals surface area contributed by atoms with Gasteiger partial charge >= 0.3 is 6.03 Å². The molecule has 15 heavy (non-hydrogen) atoms. The Morgan fingerprint density at radius 2 is 2.13 bits per heavy atom. The van der Waals surface area contributed by atoms with E-state index < -0.39 is 0 Å². The van der Waals surface area contributed by atoms with E-state index in [2.05, 4.69) is 0 Å². The molecule has 5 heteroatoms. The van der Waals surface area contributed by atoms with Gasteiger partial charge in [-0.3, -0.25) is 9.69 Å².